The van der Waals surface area contributed by atoms with Gasteiger partial charge in [-0.15, -0.1) is 5.10 Å². The van der Waals surface area contributed by atoms with Crippen molar-refractivity contribution in [3.05, 3.63) is 46.7 Å². The molecule has 1 aliphatic rings. The molecule has 3 rings (SSSR count). The topological polar surface area (TPSA) is 104 Å². The molecule has 2 heterocycles. The number of carboxylic acids is 1. The molecule has 2 aromatic rings. The van der Waals surface area contributed by atoms with Gasteiger partial charge in [-0.3, -0.25) is 4.79 Å². The summed E-state index contributed by atoms with van der Waals surface area (Å²) in [6.07, 6.45) is 1.37. The van der Waals surface area contributed by atoms with Gasteiger partial charge >= 0.3 is 5.97 Å². The number of aromatic carboxylic acids is 1. The van der Waals surface area contributed by atoms with E-state index in [2.05, 4.69) is 15.5 Å². The lowest BCUT2D eigenvalue weighted by Crippen LogP contribution is -2.19. The van der Waals surface area contributed by atoms with Gasteiger partial charge < -0.3 is 14.8 Å². The molecule has 1 fully saturated rings. The monoisotopic (exact) mass is 363 g/mol. The van der Waals surface area contributed by atoms with Crippen LogP contribution in [-0.4, -0.2) is 34.1 Å². The average Bonchev–Trinajstić information content (AvgIpc) is 3.16. The summed E-state index contributed by atoms with van der Waals surface area (Å²) in [5.41, 5.74) is 0.460. The van der Waals surface area contributed by atoms with Crippen LogP contribution in [0.5, 0.6) is 0 Å². The van der Waals surface area contributed by atoms with Gasteiger partial charge in [0.15, 0.2) is 5.17 Å². The molecular weight excluding hydrogens is 354 g/mol. The number of halogens is 1. The molecule has 24 heavy (non-hydrogen) atoms. The summed E-state index contributed by atoms with van der Waals surface area (Å²) in [5, 5.41) is 20.3. The van der Waals surface area contributed by atoms with Gasteiger partial charge in [0.05, 0.1) is 17.5 Å². The molecule has 1 aromatic heterocycles. The summed E-state index contributed by atoms with van der Waals surface area (Å²) in [4.78, 5) is 22.3. The normalized spacial score (nSPS) is 16.0. The van der Waals surface area contributed by atoms with Crippen molar-refractivity contribution in [2.24, 2.45) is 10.2 Å². The molecule has 0 spiro atoms. The molecule has 0 unspecified atom stereocenters. The minimum Gasteiger partial charge on any atom is -0.478 e. The molecule has 1 amide bonds. The Morgan fingerprint density at radius 3 is 2.92 bits per heavy atom. The Bertz CT molecular complexity index is 875. The highest BCUT2D eigenvalue weighted by atomic mass is 35.5. The first-order chi connectivity index (χ1) is 11.5. The highest BCUT2D eigenvalue weighted by Gasteiger charge is 2.16. The third kappa shape index (κ3) is 3.66. The Morgan fingerprint density at radius 2 is 2.21 bits per heavy atom. The zero-order valence-corrected chi connectivity index (χ0v) is 13.6. The molecule has 1 aromatic carbocycles. The summed E-state index contributed by atoms with van der Waals surface area (Å²) in [5.74, 6) is -0.121. The number of amides is 1. The summed E-state index contributed by atoms with van der Waals surface area (Å²) in [6, 6.07) is 7.70. The number of thioether (sulfide) groups is 1. The van der Waals surface area contributed by atoms with E-state index in [1.807, 2.05) is 0 Å². The fraction of sp³-hybridized carbons (Fsp3) is 0.0667. The van der Waals surface area contributed by atoms with Crippen molar-refractivity contribution in [2.45, 2.75) is 0 Å². The quantitative estimate of drug-likeness (QED) is 0.642. The summed E-state index contributed by atoms with van der Waals surface area (Å²) in [6.45, 7) is 0. The van der Waals surface area contributed by atoms with Gasteiger partial charge in [-0.05, 0) is 30.3 Å². The smallest absolute Gasteiger partial charge is 0.336 e. The zero-order chi connectivity index (χ0) is 17.1. The van der Waals surface area contributed by atoms with Gasteiger partial charge in [-0.2, -0.15) is 5.10 Å². The molecule has 2 N–H and O–H groups in total. The molecule has 0 aliphatic carbocycles. The van der Waals surface area contributed by atoms with E-state index in [4.69, 9.17) is 16.0 Å². The van der Waals surface area contributed by atoms with E-state index in [9.17, 15) is 14.7 Å². The van der Waals surface area contributed by atoms with E-state index < -0.39 is 5.97 Å². The van der Waals surface area contributed by atoms with Crippen LogP contribution >= 0.6 is 23.4 Å². The summed E-state index contributed by atoms with van der Waals surface area (Å²) in [7, 11) is 0. The molecular formula is C15H10ClN3O4S. The Morgan fingerprint density at radius 1 is 1.38 bits per heavy atom. The van der Waals surface area contributed by atoms with E-state index in [1.165, 1.54) is 36.2 Å². The maximum atomic E-state index is 11.3. The molecule has 122 valence electrons. The Balaban J connectivity index is 1.82. The van der Waals surface area contributed by atoms with Crippen molar-refractivity contribution in [1.29, 1.82) is 0 Å². The Hall–Kier alpha value is -2.58. The van der Waals surface area contributed by atoms with Crippen LogP contribution in [0, 0.1) is 0 Å². The second kappa shape index (κ2) is 6.90. The number of hydrogen-bond acceptors (Lipinski definition) is 6. The maximum absolute atomic E-state index is 11.3. The van der Waals surface area contributed by atoms with Crippen molar-refractivity contribution >= 4 is 46.6 Å². The Kier molecular flexibility index (Phi) is 4.68. The molecule has 1 saturated heterocycles. The van der Waals surface area contributed by atoms with Crippen LogP contribution in [-0.2, 0) is 4.79 Å². The molecule has 0 radical (unpaired) electrons. The highest BCUT2D eigenvalue weighted by molar-refractivity contribution is 8.15. The van der Waals surface area contributed by atoms with Crippen molar-refractivity contribution in [1.82, 2.24) is 5.32 Å². The average molecular weight is 364 g/mol. The lowest BCUT2D eigenvalue weighted by atomic mass is 10.1. The predicted octanol–water partition coefficient (Wildman–Crippen LogP) is 2.85. The predicted molar refractivity (Wildman–Crippen MR) is 91.7 cm³/mol. The largest absolute Gasteiger partial charge is 0.478 e. The minimum atomic E-state index is -1.08. The van der Waals surface area contributed by atoms with E-state index in [1.54, 1.807) is 12.1 Å². The van der Waals surface area contributed by atoms with Crippen LogP contribution in [0.15, 0.2) is 45.0 Å². The van der Waals surface area contributed by atoms with E-state index in [-0.39, 0.29) is 11.5 Å². The maximum Gasteiger partial charge on any atom is 0.336 e. The standard InChI is InChI=1S/C15H10ClN3O4S/c16-8-1-3-10(14(21)22)11(5-8)12-4-2-9(23-12)6-17-19-15-18-13(20)7-24-15/h1-6H,7H2,(H,21,22)(H,18,19,20)/b17-6+. The first-order valence-corrected chi connectivity index (χ1v) is 8.06. The second-order valence-corrected chi connectivity index (χ2v) is 6.08. The van der Waals surface area contributed by atoms with Gasteiger partial charge in [0.2, 0.25) is 5.91 Å². The molecule has 0 bridgehead atoms. The first kappa shape index (κ1) is 16.3. The Labute approximate surface area is 145 Å². The SMILES string of the molecule is O=C1CS/C(=N\N=C\c2ccc(-c3cc(Cl)ccc3C(=O)O)o2)N1. The van der Waals surface area contributed by atoms with Gasteiger partial charge in [0.1, 0.15) is 11.5 Å². The van der Waals surface area contributed by atoms with Gasteiger partial charge in [0.25, 0.3) is 0 Å². The lowest BCUT2D eigenvalue weighted by molar-refractivity contribution is -0.116. The van der Waals surface area contributed by atoms with Crippen molar-refractivity contribution in [3.63, 3.8) is 0 Å². The zero-order valence-electron chi connectivity index (χ0n) is 12.0. The van der Waals surface area contributed by atoms with Crippen LogP contribution in [0.2, 0.25) is 5.02 Å². The number of carboxylic acid groups (broad SMARTS) is 1. The van der Waals surface area contributed by atoms with Gasteiger partial charge in [0, 0.05) is 10.6 Å². The number of rotatable bonds is 4. The minimum absolute atomic E-state index is 0.0857. The molecule has 0 saturated carbocycles. The van der Waals surface area contributed by atoms with Crippen molar-refractivity contribution < 1.29 is 19.1 Å². The van der Waals surface area contributed by atoms with E-state index in [0.717, 1.165) is 0 Å². The number of furan rings is 1. The van der Waals surface area contributed by atoms with E-state index >= 15 is 0 Å². The molecule has 0 atom stereocenters. The number of carbonyl (C=O) groups is 2. The fourth-order valence-corrected chi connectivity index (χ4v) is 2.79. The van der Waals surface area contributed by atoms with Crippen LogP contribution in [0.25, 0.3) is 11.3 Å². The molecule has 1 aliphatic heterocycles. The van der Waals surface area contributed by atoms with Crippen LogP contribution in [0.1, 0.15) is 16.1 Å². The number of benzene rings is 1. The summed E-state index contributed by atoms with van der Waals surface area (Å²) < 4.78 is 5.57. The molecule has 9 heteroatoms. The number of nitrogens with one attached hydrogen (secondary N) is 1. The van der Waals surface area contributed by atoms with Crippen LogP contribution in [0.3, 0.4) is 0 Å². The highest BCUT2D eigenvalue weighted by Crippen LogP contribution is 2.28. The third-order valence-corrected chi connectivity index (χ3v) is 4.12. The fourth-order valence-electron chi connectivity index (χ4n) is 1.99. The number of carbonyl (C=O) groups excluding carboxylic acids is 1. The number of amidine groups is 1. The van der Waals surface area contributed by atoms with Crippen molar-refractivity contribution in [2.75, 3.05) is 5.75 Å². The third-order valence-electron chi connectivity index (χ3n) is 3.02. The first-order valence-electron chi connectivity index (χ1n) is 6.69. The van der Waals surface area contributed by atoms with E-state index in [0.29, 0.717) is 33.0 Å². The van der Waals surface area contributed by atoms with Gasteiger partial charge in [-0.25, -0.2) is 4.79 Å². The number of hydrogen-bond donors (Lipinski definition) is 2. The van der Waals surface area contributed by atoms with Gasteiger partial charge in [-0.1, -0.05) is 23.4 Å². The van der Waals surface area contributed by atoms with Crippen LogP contribution < -0.4 is 5.32 Å². The van der Waals surface area contributed by atoms with Crippen LogP contribution in [0.4, 0.5) is 0 Å². The molecule has 7 nitrogen and oxygen atoms in total. The summed E-state index contributed by atoms with van der Waals surface area (Å²) >= 11 is 7.19. The van der Waals surface area contributed by atoms with Crippen molar-refractivity contribution in [3.8, 4) is 11.3 Å². The second-order valence-electron chi connectivity index (χ2n) is 4.68. The number of nitrogens with zero attached hydrogens (tertiary/aromatic N) is 2. The lowest BCUT2D eigenvalue weighted by Gasteiger charge is -2.03.